The van der Waals surface area contributed by atoms with Crippen LogP contribution in [0.2, 0.25) is 0 Å². The van der Waals surface area contributed by atoms with Crippen LogP contribution < -0.4 is 5.32 Å². The molecule has 1 aliphatic rings. The van der Waals surface area contributed by atoms with Crippen LogP contribution in [0.3, 0.4) is 0 Å². The molecular formula is C11H14N4O. The van der Waals surface area contributed by atoms with Gasteiger partial charge < -0.3 is 10.1 Å². The third kappa shape index (κ3) is 2.47. The Labute approximate surface area is 94.5 Å². The number of nitrogens with zero attached hydrogens (tertiary/aromatic N) is 3. The second kappa shape index (κ2) is 4.45. The summed E-state index contributed by atoms with van der Waals surface area (Å²) in [5.74, 6) is 0.517. The van der Waals surface area contributed by atoms with Crippen molar-refractivity contribution in [3.63, 3.8) is 0 Å². The Morgan fingerprint density at radius 2 is 2.25 bits per heavy atom. The van der Waals surface area contributed by atoms with E-state index in [1.807, 2.05) is 6.07 Å². The molecule has 1 aromatic rings. The zero-order valence-corrected chi connectivity index (χ0v) is 9.23. The van der Waals surface area contributed by atoms with Crippen molar-refractivity contribution in [2.45, 2.75) is 25.3 Å². The zero-order valence-electron chi connectivity index (χ0n) is 9.23. The lowest BCUT2D eigenvalue weighted by Gasteiger charge is -2.34. The molecule has 1 saturated heterocycles. The van der Waals surface area contributed by atoms with E-state index in [0.717, 1.165) is 26.1 Å². The number of rotatable bonds is 2. The fraction of sp³-hybridized carbons (Fsp3) is 0.545. The maximum absolute atomic E-state index is 8.74. The summed E-state index contributed by atoms with van der Waals surface area (Å²) in [6.07, 6.45) is 3.44. The predicted octanol–water partition coefficient (Wildman–Crippen LogP) is 1.33. The molecule has 16 heavy (non-hydrogen) atoms. The first-order valence-corrected chi connectivity index (χ1v) is 5.31. The highest BCUT2D eigenvalue weighted by molar-refractivity contribution is 5.33. The Bertz CT molecular complexity index is 407. The van der Waals surface area contributed by atoms with E-state index in [-0.39, 0.29) is 5.54 Å². The van der Waals surface area contributed by atoms with Gasteiger partial charge in [-0.3, -0.25) is 0 Å². The molecule has 2 heterocycles. The number of hydrogen-bond donors (Lipinski definition) is 1. The molecule has 1 aliphatic heterocycles. The summed E-state index contributed by atoms with van der Waals surface area (Å²) in [5.41, 5.74) is 0.347. The van der Waals surface area contributed by atoms with Gasteiger partial charge in [0.2, 0.25) is 5.95 Å². The SMILES string of the molecule is CC1(Nc2nccc(C#N)n2)CCOCC1. The molecule has 5 heteroatoms. The van der Waals surface area contributed by atoms with E-state index in [1.165, 1.54) is 0 Å². The summed E-state index contributed by atoms with van der Waals surface area (Å²) >= 11 is 0. The lowest BCUT2D eigenvalue weighted by molar-refractivity contribution is 0.0656. The third-order valence-electron chi connectivity index (χ3n) is 2.78. The quantitative estimate of drug-likeness (QED) is 0.810. The predicted molar refractivity (Wildman–Crippen MR) is 58.8 cm³/mol. The molecule has 0 atom stereocenters. The molecule has 84 valence electrons. The molecule has 2 rings (SSSR count). The van der Waals surface area contributed by atoms with Gasteiger partial charge in [0.05, 0.1) is 0 Å². The molecule has 1 fully saturated rings. The highest BCUT2D eigenvalue weighted by atomic mass is 16.5. The van der Waals surface area contributed by atoms with Gasteiger partial charge in [-0.1, -0.05) is 0 Å². The summed E-state index contributed by atoms with van der Waals surface area (Å²) in [5, 5.41) is 12.0. The van der Waals surface area contributed by atoms with Crippen LogP contribution in [-0.4, -0.2) is 28.7 Å². The van der Waals surface area contributed by atoms with Crippen molar-refractivity contribution >= 4 is 5.95 Å². The number of aromatic nitrogens is 2. The van der Waals surface area contributed by atoms with Crippen LogP contribution >= 0.6 is 0 Å². The van der Waals surface area contributed by atoms with Crippen LogP contribution in [0.1, 0.15) is 25.5 Å². The minimum atomic E-state index is -0.0354. The van der Waals surface area contributed by atoms with Crippen molar-refractivity contribution in [1.29, 1.82) is 5.26 Å². The molecule has 5 nitrogen and oxygen atoms in total. The van der Waals surface area contributed by atoms with Crippen LogP contribution in [0.4, 0.5) is 5.95 Å². The molecule has 0 saturated carbocycles. The van der Waals surface area contributed by atoms with Gasteiger partial charge in [-0.25, -0.2) is 9.97 Å². The van der Waals surface area contributed by atoms with E-state index in [9.17, 15) is 0 Å². The standard InChI is InChI=1S/C11H14N4O/c1-11(3-6-16-7-4-11)15-10-13-5-2-9(8-12)14-10/h2,5H,3-4,6-7H2,1H3,(H,13,14,15). The van der Waals surface area contributed by atoms with E-state index in [0.29, 0.717) is 11.6 Å². The minimum absolute atomic E-state index is 0.0354. The molecule has 0 amide bonds. The Balaban J connectivity index is 2.10. The second-order valence-electron chi connectivity index (χ2n) is 4.18. The van der Waals surface area contributed by atoms with Gasteiger partial charge in [0, 0.05) is 24.9 Å². The van der Waals surface area contributed by atoms with Crippen LogP contribution in [0.5, 0.6) is 0 Å². The van der Waals surface area contributed by atoms with Crippen LogP contribution in [0, 0.1) is 11.3 Å². The normalized spacial score (nSPS) is 18.8. The molecule has 1 N–H and O–H groups in total. The highest BCUT2D eigenvalue weighted by Crippen LogP contribution is 2.23. The van der Waals surface area contributed by atoms with Crippen molar-refractivity contribution < 1.29 is 4.74 Å². The largest absolute Gasteiger partial charge is 0.381 e. The number of nitriles is 1. The molecular weight excluding hydrogens is 204 g/mol. The van der Waals surface area contributed by atoms with Crippen LogP contribution in [0.25, 0.3) is 0 Å². The summed E-state index contributed by atoms with van der Waals surface area (Å²) in [4.78, 5) is 8.22. The van der Waals surface area contributed by atoms with Gasteiger partial charge in [0.15, 0.2) is 0 Å². The number of nitrogens with one attached hydrogen (secondary N) is 1. The van der Waals surface area contributed by atoms with Gasteiger partial charge in [0.1, 0.15) is 11.8 Å². The van der Waals surface area contributed by atoms with Gasteiger partial charge in [-0.2, -0.15) is 5.26 Å². The Kier molecular flexibility index (Phi) is 3.02. The summed E-state index contributed by atoms with van der Waals surface area (Å²) in [6.45, 7) is 3.63. The smallest absolute Gasteiger partial charge is 0.224 e. The summed E-state index contributed by atoms with van der Waals surface area (Å²) < 4.78 is 5.31. The number of hydrogen-bond acceptors (Lipinski definition) is 5. The molecule has 0 unspecified atom stereocenters. The first-order valence-electron chi connectivity index (χ1n) is 5.31. The second-order valence-corrected chi connectivity index (χ2v) is 4.18. The van der Waals surface area contributed by atoms with Crippen molar-refractivity contribution in [1.82, 2.24) is 9.97 Å². The van der Waals surface area contributed by atoms with Gasteiger partial charge in [0.25, 0.3) is 0 Å². The van der Waals surface area contributed by atoms with Crippen molar-refractivity contribution in [2.75, 3.05) is 18.5 Å². The molecule has 1 aromatic heterocycles. The van der Waals surface area contributed by atoms with Gasteiger partial charge >= 0.3 is 0 Å². The van der Waals surface area contributed by atoms with Gasteiger partial charge in [-0.05, 0) is 25.8 Å². The van der Waals surface area contributed by atoms with E-state index >= 15 is 0 Å². The average Bonchev–Trinajstić information content (AvgIpc) is 2.29. The summed E-state index contributed by atoms with van der Waals surface area (Å²) in [7, 11) is 0. The van der Waals surface area contributed by atoms with Crippen molar-refractivity contribution in [2.24, 2.45) is 0 Å². The van der Waals surface area contributed by atoms with Gasteiger partial charge in [-0.15, -0.1) is 0 Å². The molecule has 0 aromatic carbocycles. The van der Waals surface area contributed by atoms with E-state index in [4.69, 9.17) is 10.00 Å². The molecule has 0 radical (unpaired) electrons. The lowest BCUT2D eigenvalue weighted by atomic mass is 9.93. The number of anilines is 1. The summed E-state index contributed by atoms with van der Waals surface area (Å²) in [6, 6.07) is 3.60. The molecule has 0 aliphatic carbocycles. The molecule has 0 bridgehead atoms. The zero-order chi connectivity index (χ0) is 11.4. The maximum atomic E-state index is 8.74. The van der Waals surface area contributed by atoms with Crippen LogP contribution in [0.15, 0.2) is 12.3 Å². The maximum Gasteiger partial charge on any atom is 0.224 e. The van der Waals surface area contributed by atoms with Crippen molar-refractivity contribution in [3.05, 3.63) is 18.0 Å². The van der Waals surface area contributed by atoms with E-state index < -0.39 is 0 Å². The number of ether oxygens (including phenoxy) is 1. The Morgan fingerprint density at radius 1 is 1.50 bits per heavy atom. The monoisotopic (exact) mass is 218 g/mol. The molecule has 0 spiro atoms. The lowest BCUT2D eigenvalue weighted by Crippen LogP contribution is -2.41. The van der Waals surface area contributed by atoms with Crippen LogP contribution in [-0.2, 0) is 4.74 Å². The fourth-order valence-corrected chi connectivity index (χ4v) is 1.70. The average molecular weight is 218 g/mol. The Hall–Kier alpha value is -1.67. The Morgan fingerprint density at radius 3 is 2.94 bits per heavy atom. The minimum Gasteiger partial charge on any atom is -0.381 e. The fourth-order valence-electron chi connectivity index (χ4n) is 1.70. The first kappa shape index (κ1) is 10.8. The highest BCUT2D eigenvalue weighted by Gasteiger charge is 2.27. The topological polar surface area (TPSA) is 70.8 Å². The first-order chi connectivity index (χ1) is 7.72. The van der Waals surface area contributed by atoms with Crippen molar-refractivity contribution in [3.8, 4) is 6.07 Å². The van der Waals surface area contributed by atoms with E-state index in [2.05, 4.69) is 22.2 Å². The third-order valence-corrected chi connectivity index (χ3v) is 2.78. The van der Waals surface area contributed by atoms with E-state index in [1.54, 1.807) is 12.3 Å².